The summed E-state index contributed by atoms with van der Waals surface area (Å²) in [7, 11) is 1.69. The molecule has 0 spiro atoms. The smallest absolute Gasteiger partial charge is 0.338 e. The highest BCUT2D eigenvalue weighted by atomic mass is 79.9. The van der Waals surface area contributed by atoms with Crippen LogP contribution in [0, 0.1) is 6.92 Å². The van der Waals surface area contributed by atoms with Gasteiger partial charge in [0.2, 0.25) is 0 Å². The summed E-state index contributed by atoms with van der Waals surface area (Å²) in [5, 5.41) is 0.548. The Morgan fingerprint density at radius 3 is 2.50 bits per heavy atom. The largest absolute Gasteiger partial charge is 0.488 e. The van der Waals surface area contributed by atoms with Crippen LogP contribution < -0.4 is 4.74 Å². The first-order chi connectivity index (χ1) is 17.3. The number of halogens is 1. The Balaban J connectivity index is 1.54. The molecule has 0 aromatic heterocycles. The highest BCUT2D eigenvalue weighted by molar-refractivity contribution is 9.10. The van der Waals surface area contributed by atoms with Crippen molar-refractivity contribution in [3.05, 3.63) is 98.4 Å². The van der Waals surface area contributed by atoms with Crippen LogP contribution in [0.5, 0.6) is 5.75 Å². The molecule has 0 unspecified atom stereocenters. The van der Waals surface area contributed by atoms with Crippen LogP contribution in [0.15, 0.2) is 81.1 Å². The minimum absolute atomic E-state index is 0.147. The molecule has 1 saturated heterocycles. The number of thioether (sulfide) groups is 1. The summed E-state index contributed by atoms with van der Waals surface area (Å²) in [5.41, 5.74) is 4.15. The van der Waals surface area contributed by atoms with E-state index >= 15 is 0 Å². The maximum absolute atomic E-state index is 13.0. The second kappa shape index (κ2) is 11.6. The summed E-state index contributed by atoms with van der Waals surface area (Å²) < 4.78 is 12.0. The predicted octanol–water partition coefficient (Wildman–Crippen LogP) is 6.75. The number of likely N-dealkylation sites (N-methyl/N-ethyl adjacent to an activating group) is 1. The average molecular weight is 565 g/mol. The van der Waals surface area contributed by atoms with E-state index in [4.69, 9.17) is 9.47 Å². The van der Waals surface area contributed by atoms with Gasteiger partial charge in [-0.1, -0.05) is 45.8 Å². The van der Waals surface area contributed by atoms with Gasteiger partial charge in [0.05, 0.1) is 22.8 Å². The zero-order valence-corrected chi connectivity index (χ0v) is 22.6. The van der Waals surface area contributed by atoms with Gasteiger partial charge in [0.1, 0.15) is 12.4 Å². The lowest BCUT2D eigenvalue weighted by Gasteiger charge is -2.11. The first kappa shape index (κ1) is 25.7. The molecule has 184 valence electrons. The molecule has 1 fully saturated rings. The fourth-order valence-electron chi connectivity index (χ4n) is 3.40. The molecule has 4 rings (SSSR count). The van der Waals surface area contributed by atoms with Gasteiger partial charge in [-0.25, -0.2) is 9.79 Å². The van der Waals surface area contributed by atoms with Gasteiger partial charge < -0.3 is 9.47 Å². The summed E-state index contributed by atoms with van der Waals surface area (Å²) in [4.78, 5) is 31.5. The van der Waals surface area contributed by atoms with Crippen molar-refractivity contribution >= 4 is 56.5 Å². The van der Waals surface area contributed by atoms with Gasteiger partial charge in [-0.3, -0.25) is 9.69 Å². The molecule has 1 aliphatic heterocycles. The third-order valence-electron chi connectivity index (χ3n) is 5.38. The third kappa shape index (κ3) is 6.25. The van der Waals surface area contributed by atoms with E-state index in [-0.39, 0.29) is 11.9 Å². The van der Waals surface area contributed by atoms with Crippen LogP contribution in [0.3, 0.4) is 0 Å². The van der Waals surface area contributed by atoms with Crippen LogP contribution in [-0.4, -0.2) is 35.6 Å². The first-order valence-electron chi connectivity index (χ1n) is 11.4. The van der Waals surface area contributed by atoms with Crippen molar-refractivity contribution in [2.45, 2.75) is 20.5 Å². The van der Waals surface area contributed by atoms with E-state index in [1.165, 1.54) is 22.2 Å². The van der Waals surface area contributed by atoms with Crippen LogP contribution in [-0.2, 0) is 16.1 Å². The number of aryl methyl sites for hydroxylation is 1. The molecule has 0 atom stereocenters. The van der Waals surface area contributed by atoms with Crippen molar-refractivity contribution in [1.82, 2.24) is 4.90 Å². The Bertz CT molecular complexity index is 1330. The van der Waals surface area contributed by atoms with Crippen LogP contribution in [0.2, 0.25) is 0 Å². The molecule has 0 N–H and O–H groups in total. The quantitative estimate of drug-likeness (QED) is 0.234. The predicted molar refractivity (Wildman–Crippen MR) is 147 cm³/mol. The molecule has 0 aliphatic carbocycles. The molecule has 0 saturated carbocycles. The van der Waals surface area contributed by atoms with E-state index in [9.17, 15) is 9.59 Å². The normalized spacial score (nSPS) is 15.6. The summed E-state index contributed by atoms with van der Waals surface area (Å²) in [6, 6.07) is 20.7. The van der Waals surface area contributed by atoms with Gasteiger partial charge in [-0.05, 0) is 79.7 Å². The Labute approximate surface area is 223 Å². The number of amidine groups is 1. The fourth-order valence-corrected chi connectivity index (χ4v) is 4.76. The Morgan fingerprint density at radius 2 is 1.81 bits per heavy atom. The number of carbonyl (C=O) groups is 2. The van der Waals surface area contributed by atoms with Crippen molar-refractivity contribution in [2.24, 2.45) is 4.99 Å². The second-order valence-corrected chi connectivity index (χ2v) is 10.0. The van der Waals surface area contributed by atoms with Gasteiger partial charge in [0, 0.05) is 17.1 Å². The molecule has 3 aromatic rings. The summed E-state index contributed by atoms with van der Waals surface area (Å²) in [5.74, 6) is 0.160. The average Bonchev–Trinajstić information content (AvgIpc) is 3.13. The molecule has 1 amide bonds. The van der Waals surface area contributed by atoms with E-state index in [0.29, 0.717) is 40.3 Å². The van der Waals surface area contributed by atoms with Crippen molar-refractivity contribution in [1.29, 1.82) is 0 Å². The molecule has 8 heteroatoms. The van der Waals surface area contributed by atoms with Crippen LogP contribution in [0.1, 0.15) is 34.0 Å². The number of amides is 1. The molecule has 6 nitrogen and oxygen atoms in total. The minimum atomic E-state index is -0.376. The number of aliphatic imine (C=N–C) groups is 1. The van der Waals surface area contributed by atoms with E-state index in [1.54, 1.807) is 38.2 Å². The standard InChI is InChI=1S/C28H25BrN2O4S/c1-4-34-27(33)20-9-12-23(13-10-20)30-28-31(3)26(32)25(36-28)16-21-15-22(29)11-14-24(21)35-17-19-7-5-18(2)6-8-19/h5-16H,4,17H2,1-3H3. The van der Waals surface area contributed by atoms with E-state index in [0.717, 1.165) is 15.6 Å². The fraction of sp³-hybridized carbons (Fsp3) is 0.179. The monoisotopic (exact) mass is 564 g/mol. The Kier molecular flexibility index (Phi) is 8.28. The van der Waals surface area contributed by atoms with E-state index in [2.05, 4.69) is 33.1 Å². The number of carbonyl (C=O) groups excluding carboxylic acids is 2. The summed E-state index contributed by atoms with van der Waals surface area (Å²) >= 11 is 4.81. The molecule has 1 aliphatic rings. The molecular formula is C28H25BrN2O4S. The van der Waals surface area contributed by atoms with Gasteiger partial charge in [-0.2, -0.15) is 0 Å². The maximum atomic E-state index is 13.0. The molecular weight excluding hydrogens is 540 g/mol. The molecule has 0 radical (unpaired) electrons. The van der Waals surface area contributed by atoms with Crippen LogP contribution in [0.25, 0.3) is 6.08 Å². The topological polar surface area (TPSA) is 68.2 Å². The molecule has 3 aromatic carbocycles. The Hall–Kier alpha value is -3.36. The van der Waals surface area contributed by atoms with Crippen molar-refractivity contribution in [3.8, 4) is 5.75 Å². The number of ether oxygens (including phenoxy) is 2. The SMILES string of the molecule is CCOC(=O)c1ccc(N=C2SC(=Cc3cc(Br)ccc3OCc3ccc(C)cc3)C(=O)N2C)cc1. The first-order valence-corrected chi connectivity index (χ1v) is 13.0. The van der Waals surface area contributed by atoms with Gasteiger partial charge in [0.15, 0.2) is 5.17 Å². The van der Waals surface area contributed by atoms with E-state index in [1.807, 2.05) is 43.3 Å². The second-order valence-electron chi connectivity index (χ2n) is 8.09. The van der Waals surface area contributed by atoms with Crippen LogP contribution in [0.4, 0.5) is 5.69 Å². The molecule has 36 heavy (non-hydrogen) atoms. The summed E-state index contributed by atoms with van der Waals surface area (Å²) in [6.45, 7) is 4.56. The minimum Gasteiger partial charge on any atom is -0.488 e. The van der Waals surface area contributed by atoms with Gasteiger partial charge in [-0.15, -0.1) is 0 Å². The Morgan fingerprint density at radius 1 is 1.08 bits per heavy atom. The van der Waals surface area contributed by atoms with Gasteiger partial charge in [0.25, 0.3) is 5.91 Å². The number of esters is 1. The van der Waals surface area contributed by atoms with E-state index < -0.39 is 0 Å². The highest BCUT2D eigenvalue weighted by Gasteiger charge is 2.30. The molecule has 1 heterocycles. The number of hydrogen-bond acceptors (Lipinski definition) is 6. The van der Waals surface area contributed by atoms with Crippen molar-refractivity contribution in [2.75, 3.05) is 13.7 Å². The number of rotatable bonds is 7. The van der Waals surface area contributed by atoms with Crippen molar-refractivity contribution in [3.63, 3.8) is 0 Å². The zero-order chi connectivity index (χ0) is 25.7. The maximum Gasteiger partial charge on any atom is 0.338 e. The van der Waals surface area contributed by atoms with Gasteiger partial charge >= 0.3 is 5.97 Å². The van der Waals surface area contributed by atoms with Crippen LogP contribution >= 0.6 is 27.7 Å². The summed E-state index contributed by atoms with van der Waals surface area (Å²) in [6.07, 6.45) is 1.82. The number of nitrogens with zero attached hydrogens (tertiary/aromatic N) is 2. The zero-order valence-electron chi connectivity index (χ0n) is 20.2. The number of benzene rings is 3. The van der Waals surface area contributed by atoms with Crippen molar-refractivity contribution < 1.29 is 19.1 Å². The lowest BCUT2D eigenvalue weighted by molar-refractivity contribution is -0.121. The highest BCUT2D eigenvalue weighted by Crippen LogP contribution is 2.35. The number of hydrogen-bond donors (Lipinski definition) is 0. The lowest BCUT2D eigenvalue weighted by atomic mass is 10.1. The molecule has 0 bridgehead atoms. The third-order valence-corrected chi connectivity index (χ3v) is 6.93. The lowest BCUT2D eigenvalue weighted by Crippen LogP contribution is -2.23.